The first-order valence-corrected chi connectivity index (χ1v) is 6.99. The van der Waals surface area contributed by atoms with Crippen LogP contribution in [0, 0.1) is 0 Å². The van der Waals surface area contributed by atoms with Crippen LogP contribution in [0.1, 0.15) is 0 Å². The van der Waals surface area contributed by atoms with Crippen molar-refractivity contribution in [1.82, 2.24) is 10.2 Å². The zero-order valence-electron chi connectivity index (χ0n) is 11.3. The van der Waals surface area contributed by atoms with Crippen LogP contribution in [-0.4, -0.2) is 64.8 Å². The molecule has 2 amide bonds. The van der Waals surface area contributed by atoms with Crippen LogP contribution in [0.2, 0.25) is 0 Å². The number of aliphatic carboxylic acids is 1. The maximum atomic E-state index is 11.8. The summed E-state index contributed by atoms with van der Waals surface area (Å²) < 4.78 is 0. The molecule has 0 radical (unpaired) electrons. The minimum absolute atomic E-state index is 0.130. The van der Waals surface area contributed by atoms with E-state index in [2.05, 4.69) is 15.3 Å². The van der Waals surface area contributed by atoms with Crippen LogP contribution in [0.3, 0.4) is 0 Å². The summed E-state index contributed by atoms with van der Waals surface area (Å²) in [6, 6.07) is -0.728. The highest BCUT2D eigenvalue weighted by Gasteiger charge is 2.52. The second-order valence-electron chi connectivity index (χ2n) is 4.27. The molecule has 114 valence electrons. The minimum Gasteiger partial charge on any atom is -0.477 e. The summed E-state index contributed by atoms with van der Waals surface area (Å²) in [4.78, 5) is 40.8. The van der Waals surface area contributed by atoms with Crippen molar-refractivity contribution in [2.24, 2.45) is 10.9 Å². The van der Waals surface area contributed by atoms with Crippen LogP contribution < -0.4 is 11.1 Å². The van der Waals surface area contributed by atoms with E-state index in [0.717, 1.165) is 4.90 Å². The molecule has 1 fully saturated rings. The van der Waals surface area contributed by atoms with E-state index < -0.39 is 29.2 Å². The molecule has 2 aliphatic rings. The first kappa shape index (κ1) is 15.3. The van der Waals surface area contributed by atoms with Crippen molar-refractivity contribution >= 4 is 35.3 Å². The van der Waals surface area contributed by atoms with Gasteiger partial charge in [-0.05, 0) is 0 Å². The highest BCUT2D eigenvalue weighted by molar-refractivity contribution is 8.00. The van der Waals surface area contributed by atoms with Gasteiger partial charge in [0.2, 0.25) is 5.91 Å². The fraction of sp³-hybridized carbons (Fsp3) is 0.455. The average Bonchev–Trinajstić information content (AvgIpc) is 2.49. The van der Waals surface area contributed by atoms with Crippen molar-refractivity contribution in [3.05, 3.63) is 11.3 Å². The number of carbonyl (C=O) groups excluding carboxylic acids is 2. The monoisotopic (exact) mass is 314 g/mol. The molecule has 10 heteroatoms. The Balaban J connectivity index is 2.52. The van der Waals surface area contributed by atoms with E-state index in [1.54, 1.807) is 0 Å². The van der Waals surface area contributed by atoms with Crippen LogP contribution in [0.4, 0.5) is 0 Å². The number of fused-ring (bicyclic) bond motifs is 1. The number of hydrogen-bond donors (Lipinski definition) is 3. The topological polar surface area (TPSA) is 134 Å². The van der Waals surface area contributed by atoms with Crippen LogP contribution in [-0.2, 0) is 19.2 Å². The summed E-state index contributed by atoms with van der Waals surface area (Å²) in [7, 11) is 2.63. The standard InChI is InChI=1S/C11H14N4O5S/c1-13-8(16)6(14-20-2)4-3-21-10-5(12)9(17)15(10)7(4)11(18)19/h5,10H,3,12H2,1-2H3,(H,13,16)(H,18,19)/t5-,10+/m1/s1. The molecule has 0 saturated carbocycles. The first-order chi connectivity index (χ1) is 9.93. The number of carboxylic acid groups (broad SMARTS) is 1. The van der Waals surface area contributed by atoms with Gasteiger partial charge in [0.1, 0.15) is 24.2 Å². The number of carboxylic acids is 1. The van der Waals surface area contributed by atoms with E-state index in [0.29, 0.717) is 0 Å². The molecule has 2 aliphatic heterocycles. The van der Waals surface area contributed by atoms with E-state index >= 15 is 0 Å². The maximum absolute atomic E-state index is 11.8. The van der Waals surface area contributed by atoms with Gasteiger partial charge in [-0.25, -0.2) is 4.79 Å². The second kappa shape index (κ2) is 5.74. The van der Waals surface area contributed by atoms with E-state index in [1.807, 2.05) is 0 Å². The average molecular weight is 314 g/mol. The molecule has 0 aromatic rings. The van der Waals surface area contributed by atoms with Crippen molar-refractivity contribution < 1.29 is 24.3 Å². The fourth-order valence-corrected chi connectivity index (χ4v) is 3.43. The lowest BCUT2D eigenvalue weighted by molar-refractivity contribution is -0.147. The highest BCUT2D eigenvalue weighted by Crippen LogP contribution is 2.39. The Kier molecular flexibility index (Phi) is 4.19. The van der Waals surface area contributed by atoms with Crippen LogP contribution in [0.25, 0.3) is 0 Å². The van der Waals surface area contributed by atoms with Crippen molar-refractivity contribution in [2.75, 3.05) is 19.9 Å². The summed E-state index contributed by atoms with van der Waals surface area (Å²) in [5.41, 5.74) is 5.33. The van der Waals surface area contributed by atoms with Gasteiger partial charge in [0.15, 0.2) is 5.71 Å². The Labute approximate surface area is 124 Å². The number of carbonyl (C=O) groups is 3. The number of β-lactam (4-membered cyclic amide) rings is 1. The molecule has 0 aromatic heterocycles. The lowest BCUT2D eigenvalue weighted by Crippen LogP contribution is -2.68. The molecule has 0 spiro atoms. The Bertz CT molecular complexity index is 573. The molecular formula is C11H14N4O5S. The number of thioether (sulfide) groups is 1. The van der Waals surface area contributed by atoms with Crippen molar-refractivity contribution in [3.63, 3.8) is 0 Å². The van der Waals surface area contributed by atoms with E-state index in [9.17, 15) is 19.5 Å². The number of hydrogen-bond acceptors (Lipinski definition) is 7. The van der Waals surface area contributed by atoms with Gasteiger partial charge in [-0.15, -0.1) is 11.8 Å². The molecule has 2 atom stereocenters. The number of nitrogens with one attached hydrogen (secondary N) is 1. The van der Waals surface area contributed by atoms with Crippen LogP contribution in [0.5, 0.6) is 0 Å². The number of amides is 2. The van der Waals surface area contributed by atoms with Crippen LogP contribution in [0.15, 0.2) is 16.4 Å². The molecule has 2 heterocycles. The SMILES string of the molecule is CNC(=O)C(=NOC)C1=C(C(=O)O)N2C(=O)[C@@H](N)[C@@H]2SC1. The van der Waals surface area contributed by atoms with Gasteiger partial charge in [-0.1, -0.05) is 5.16 Å². The Morgan fingerprint density at radius 3 is 2.76 bits per heavy atom. The third-order valence-corrected chi connectivity index (χ3v) is 4.42. The predicted octanol–water partition coefficient (Wildman–Crippen LogP) is -1.68. The summed E-state index contributed by atoms with van der Waals surface area (Å²) in [5.74, 6) is -2.21. The van der Waals surface area contributed by atoms with E-state index in [1.165, 1.54) is 25.9 Å². The largest absolute Gasteiger partial charge is 0.477 e. The van der Waals surface area contributed by atoms with Crippen molar-refractivity contribution in [1.29, 1.82) is 0 Å². The molecule has 0 aromatic carbocycles. The number of rotatable bonds is 4. The molecule has 0 bridgehead atoms. The molecular weight excluding hydrogens is 300 g/mol. The summed E-state index contributed by atoms with van der Waals surface area (Å²) in [6.45, 7) is 0. The lowest BCUT2D eigenvalue weighted by Gasteiger charge is -2.47. The van der Waals surface area contributed by atoms with E-state index in [-0.39, 0.29) is 22.7 Å². The van der Waals surface area contributed by atoms with Gasteiger partial charge in [-0.2, -0.15) is 0 Å². The Morgan fingerprint density at radius 1 is 1.57 bits per heavy atom. The third kappa shape index (κ3) is 2.36. The maximum Gasteiger partial charge on any atom is 0.353 e. The summed E-state index contributed by atoms with van der Waals surface area (Å²) >= 11 is 1.28. The smallest absolute Gasteiger partial charge is 0.353 e. The second-order valence-corrected chi connectivity index (χ2v) is 5.37. The van der Waals surface area contributed by atoms with Gasteiger partial charge in [-0.3, -0.25) is 14.5 Å². The zero-order valence-corrected chi connectivity index (χ0v) is 12.1. The number of nitrogens with zero attached hydrogens (tertiary/aromatic N) is 2. The Morgan fingerprint density at radius 2 is 2.24 bits per heavy atom. The van der Waals surface area contributed by atoms with Gasteiger partial charge in [0.05, 0.1) is 0 Å². The molecule has 9 nitrogen and oxygen atoms in total. The zero-order chi connectivity index (χ0) is 15.7. The molecule has 0 unspecified atom stereocenters. The quantitative estimate of drug-likeness (QED) is 0.320. The van der Waals surface area contributed by atoms with Gasteiger partial charge in [0.25, 0.3) is 5.91 Å². The highest BCUT2D eigenvalue weighted by atomic mass is 32.2. The van der Waals surface area contributed by atoms with Crippen molar-refractivity contribution in [3.8, 4) is 0 Å². The first-order valence-electron chi connectivity index (χ1n) is 5.94. The number of oxime groups is 1. The molecule has 4 N–H and O–H groups in total. The third-order valence-electron chi connectivity index (χ3n) is 3.12. The molecule has 1 saturated heterocycles. The van der Waals surface area contributed by atoms with Crippen molar-refractivity contribution in [2.45, 2.75) is 11.4 Å². The van der Waals surface area contributed by atoms with Crippen LogP contribution >= 0.6 is 11.8 Å². The van der Waals surface area contributed by atoms with E-state index in [4.69, 9.17) is 5.73 Å². The predicted molar refractivity (Wildman–Crippen MR) is 74.2 cm³/mol. The molecule has 0 aliphatic carbocycles. The van der Waals surface area contributed by atoms with Gasteiger partial charge < -0.3 is 21.0 Å². The molecule has 2 rings (SSSR count). The number of nitrogens with two attached hydrogens (primary N) is 1. The summed E-state index contributed by atoms with van der Waals surface area (Å²) in [6.07, 6.45) is 0. The van der Waals surface area contributed by atoms with Gasteiger partial charge in [0, 0.05) is 18.4 Å². The molecule has 21 heavy (non-hydrogen) atoms. The normalized spacial score (nSPS) is 25.2. The van der Waals surface area contributed by atoms with Gasteiger partial charge >= 0.3 is 5.97 Å². The summed E-state index contributed by atoms with van der Waals surface area (Å²) in [5, 5.41) is 14.9. The minimum atomic E-state index is -1.32. The lowest BCUT2D eigenvalue weighted by atomic mass is 10.0. The fourth-order valence-electron chi connectivity index (χ4n) is 2.14. The Hall–Kier alpha value is -2.07.